The third-order valence-corrected chi connectivity index (χ3v) is 4.35. The van der Waals surface area contributed by atoms with Crippen LogP contribution in [0, 0.1) is 12.3 Å². The summed E-state index contributed by atoms with van der Waals surface area (Å²) >= 11 is 0. The molecular formula is C22H22N4O2. The van der Waals surface area contributed by atoms with Crippen molar-refractivity contribution in [2.75, 3.05) is 11.1 Å². The van der Waals surface area contributed by atoms with Gasteiger partial charge in [-0.3, -0.25) is 4.79 Å². The van der Waals surface area contributed by atoms with E-state index in [2.05, 4.69) is 10.3 Å². The van der Waals surface area contributed by atoms with Crippen molar-refractivity contribution in [1.82, 2.24) is 4.98 Å². The Kier molecular flexibility index (Phi) is 5.69. The summed E-state index contributed by atoms with van der Waals surface area (Å²) in [7, 11) is 0. The van der Waals surface area contributed by atoms with E-state index in [0.717, 1.165) is 11.1 Å². The van der Waals surface area contributed by atoms with Gasteiger partial charge in [0.15, 0.2) is 0 Å². The van der Waals surface area contributed by atoms with Gasteiger partial charge in [-0.15, -0.1) is 0 Å². The fourth-order valence-electron chi connectivity index (χ4n) is 2.79. The predicted octanol–water partition coefficient (Wildman–Crippen LogP) is 4.19. The average molecular weight is 374 g/mol. The second-order valence-electron chi connectivity index (χ2n) is 6.44. The second-order valence-corrected chi connectivity index (χ2v) is 6.44. The van der Waals surface area contributed by atoms with E-state index in [4.69, 9.17) is 15.9 Å². The average Bonchev–Trinajstić information content (AvgIpc) is 2.69. The summed E-state index contributed by atoms with van der Waals surface area (Å²) in [4.78, 5) is 16.8. The van der Waals surface area contributed by atoms with Crippen molar-refractivity contribution in [3.8, 4) is 5.75 Å². The lowest BCUT2D eigenvalue weighted by Crippen LogP contribution is -2.15. The molecule has 142 valence electrons. The Labute approximate surface area is 163 Å². The molecule has 3 rings (SSSR count). The van der Waals surface area contributed by atoms with Crippen LogP contribution in [0.4, 0.5) is 11.5 Å². The van der Waals surface area contributed by atoms with Gasteiger partial charge < -0.3 is 21.2 Å². The number of anilines is 2. The lowest BCUT2D eigenvalue weighted by atomic mass is 10.1. The first-order chi connectivity index (χ1) is 13.5. The highest BCUT2D eigenvalue weighted by Crippen LogP contribution is 2.24. The van der Waals surface area contributed by atoms with Crippen molar-refractivity contribution in [1.29, 1.82) is 5.41 Å². The van der Waals surface area contributed by atoms with Crippen LogP contribution >= 0.6 is 0 Å². The van der Waals surface area contributed by atoms with Gasteiger partial charge in [0.05, 0.1) is 11.9 Å². The number of nitrogens with zero attached hydrogens (tertiary/aromatic N) is 1. The molecule has 6 nitrogen and oxygen atoms in total. The zero-order chi connectivity index (χ0) is 20.1. The number of benzene rings is 2. The lowest BCUT2D eigenvalue weighted by Gasteiger charge is -2.13. The topological polar surface area (TPSA) is 101 Å². The summed E-state index contributed by atoms with van der Waals surface area (Å²) in [6.45, 7) is 3.90. The number of hydrogen-bond acceptors (Lipinski definition) is 5. The van der Waals surface area contributed by atoms with Crippen LogP contribution in [0.2, 0.25) is 0 Å². The molecule has 0 saturated carbocycles. The molecule has 28 heavy (non-hydrogen) atoms. The molecule has 1 aromatic heterocycles. The quantitative estimate of drug-likeness (QED) is 0.563. The van der Waals surface area contributed by atoms with Crippen LogP contribution in [-0.2, 0) is 6.61 Å². The number of amides is 1. The maximum Gasteiger partial charge on any atom is 0.256 e. The fraction of sp³-hybridized carbons (Fsp3) is 0.136. The van der Waals surface area contributed by atoms with E-state index >= 15 is 0 Å². The molecule has 0 fully saturated rings. The molecule has 0 atom stereocenters. The largest absolute Gasteiger partial charge is 0.489 e. The minimum absolute atomic E-state index is 0.262. The Morgan fingerprint density at radius 1 is 1.14 bits per heavy atom. The smallest absolute Gasteiger partial charge is 0.256 e. The Hall–Kier alpha value is -3.67. The molecular weight excluding hydrogens is 352 g/mol. The molecule has 0 aliphatic heterocycles. The third-order valence-electron chi connectivity index (χ3n) is 4.35. The van der Waals surface area contributed by atoms with Gasteiger partial charge in [-0.1, -0.05) is 36.4 Å². The normalized spacial score (nSPS) is 10.4. The van der Waals surface area contributed by atoms with E-state index in [1.165, 1.54) is 6.20 Å². The second kappa shape index (κ2) is 8.35. The van der Waals surface area contributed by atoms with E-state index in [1.54, 1.807) is 25.1 Å². The monoisotopic (exact) mass is 374 g/mol. The number of carbonyl (C=O) groups is 1. The first-order valence-electron chi connectivity index (χ1n) is 8.84. The molecule has 1 amide bonds. The van der Waals surface area contributed by atoms with Crippen molar-refractivity contribution in [3.63, 3.8) is 0 Å². The van der Waals surface area contributed by atoms with Gasteiger partial charge in [0.1, 0.15) is 18.2 Å². The van der Waals surface area contributed by atoms with Crippen molar-refractivity contribution < 1.29 is 9.53 Å². The number of pyridine rings is 1. The highest BCUT2D eigenvalue weighted by molar-refractivity contribution is 6.07. The van der Waals surface area contributed by atoms with Crippen LogP contribution in [0.15, 0.2) is 60.8 Å². The van der Waals surface area contributed by atoms with Gasteiger partial charge >= 0.3 is 0 Å². The molecule has 6 heteroatoms. The zero-order valence-corrected chi connectivity index (χ0v) is 15.8. The number of aromatic nitrogens is 1. The summed E-state index contributed by atoms with van der Waals surface area (Å²) in [5.74, 6) is 0.642. The van der Waals surface area contributed by atoms with Crippen molar-refractivity contribution in [3.05, 3.63) is 83.0 Å². The van der Waals surface area contributed by atoms with Gasteiger partial charge in [0.25, 0.3) is 5.91 Å². The van der Waals surface area contributed by atoms with Gasteiger partial charge in [0, 0.05) is 22.4 Å². The van der Waals surface area contributed by atoms with Crippen LogP contribution < -0.4 is 15.8 Å². The van der Waals surface area contributed by atoms with Gasteiger partial charge in [-0.25, -0.2) is 4.98 Å². The van der Waals surface area contributed by atoms with Crippen LogP contribution in [0.1, 0.15) is 34.0 Å². The maximum atomic E-state index is 12.7. The van der Waals surface area contributed by atoms with Crippen molar-refractivity contribution in [2.45, 2.75) is 20.5 Å². The number of hydrogen-bond donors (Lipinski definition) is 3. The fourth-order valence-corrected chi connectivity index (χ4v) is 2.79. The first kappa shape index (κ1) is 19.1. The Balaban J connectivity index is 1.77. The third kappa shape index (κ3) is 4.35. The SMILES string of the molecule is CC(=N)c1cc(NC(=O)c2cccc(OCc3ccccc3)c2C)cnc1N. The van der Waals surface area contributed by atoms with Gasteiger partial charge in [-0.05, 0) is 37.6 Å². The van der Waals surface area contributed by atoms with E-state index in [-0.39, 0.29) is 17.4 Å². The summed E-state index contributed by atoms with van der Waals surface area (Å²) in [6.07, 6.45) is 1.48. The predicted molar refractivity (Wildman–Crippen MR) is 111 cm³/mol. The Morgan fingerprint density at radius 2 is 1.89 bits per heavy atom. The molecule has 0 spiro atoms. The standard InChI is InChI=1S/C22H22N4O2/c1-14-18(9-6-10-20(14)28-13-16-7-4-3-5-8-16)22(27)26-17-11-19(15(2)23)21(24)25-12-17/h3-12,23H,13H2,1-2H3,(H2,24,25)(H,26,27). The van der Waals surface area contributed by atoms with Crippen LogP contribution in [-0.4, -0.2) is 16.6 Å². The highest BCUT2D eigenvalue weighted by atomic mass is 16.5. The summed E-state index contributed by atoms with van der Waals surface area (Å²) < 4.78 is 5.89. The minimum atomic E-state index is -0.275. The number of nitrogens with two attached hydrogens (primary N) is 1. The van der Waals surface area contributed by atoms with E-state index in [0.29, 0.717) is 29.2 Å². The molecule has 0 unspecified atom stereocenters. The minimum Gasteiger partial charge on any atom is -0.489 e. The van der Waals surface area contributed by atoms with Crippen molar-refractivity contribution in [2.24, 2.45) is 0 Å². The van der Waals surface area contributed by atoms with E-state index in [9.17, 15) is 4.79 Å². The molecule has 4 N–H and O–H groups in total. The number of ether oxygens (including phenoxy) is 1. The number of nitrogens with one attached hydrogen (secondary N) is 2. The maximum absolute atomic E-state index is 12.7. The summed E-state index contributed by atoms with van der Waals surface area (Å²) in [6, 6.07) is 16.9. The van der Waals surface area contributed by atoms with Crippen LogP contribution in [0.5, 0.6) is 5.75 Å². The molecule has 0 saturated heterocycles. The molecule has 0 aliphatic carbocycles. The highest BCUT2D eigenvalue weighted by Gasteiger charge is 2.14. The van der Waals surface area contributed by atoms with E-state index in [1.807, 2.05) is 43.3 Å². The lowest BCUT2D eigenvalue weighted by molar-refractivity contribution is 0.102. The number of carbonyl (C=O) groups excluding carboxylic acids is 1. The van der Waals surface area contributed by atoms with Crippen LogP contribution in [0.25, 0.3) is 0 Å². The molecule has 0 aliphatic rings. The summed E-state index contributed by atoms with van der Waals surface area (Å²) in [5.41, 5.74) is 9.36. The Bertz CT molecular complexity index is 1020. The van der Waals surface area contributed by atoms with Crippen molar-refractivity contribution >= 4 is 23.1 Å². The van der Waals surface area contributed by atoms with Gasteiger partial charge in [0.2, 0.25) is 0 Å². The zero-order valence-electron chi connectivity index (χ0n) is 15.8. The summed E-state index contributed by atoms with van der Waals surface area (Å²) in [5, 5.41) is 10.6. The Morgan fingerprint density at radius 3 is 2.61 bits per heavy atom. The molecule has 2 aromatic carbocycles. The first-order valence-corrected chi connectivity index (χ1v) is 8.84. The van der Waals surface area contributed by atoms with Crippen LogP contribution in [0.3, 0.4) is 0 Å². The molecule has 0 radical (unpaired) electrons. The molecule has 3 aromatic rings. The van der Waals surface area contributed by atoms with Gasteiger partial charge in [-0.2, -0.15) is 0 Å². The molecule has 1 heterocycles. The molecule has 0 bridgehead atoms. The number of rotatable bonds is 6. The number of nitrogen functional groups attached to an aromatic ring is 1. The van der Waals surface area contributed by atoms with E-state index < -0.39 is 0 Å².